The molecule has 1 aromatic heterocycles. The van der Waals surface area contributed by atoms with Crippen LogP contribution in [-0.2, 0) is 9.53 Å². The van der Waals surface area contributed by atoms with Gasteiger partial charge in [-0.15, -0.1) is 12.4 Å². The summed E-state index contributed by atoms with van der Waals surface area (Å²) in [5.41, 5.74) is 8.15. The Hall–Kier alpha value is -1.59. The molecule has 3 N–H and O–H groups in total. The molecule has 0 aliphatic rings. The van der Waals surface area contributed by atoms with E-state index in [9.17, 15) is 9.18 Å². The lowest BCUT2D eigenvalue weighted by molar-refractivity contribution is -0.149. The summed E-state index contributed by atoms with van der Waals surface area (Å²) in [6.45, 7) is 3.58. The quantitative estimate of drug-likeness (QED) is 0.853. The van der Waals surface area contributed by atoms with Crippen molar-refractivity contribution in [1.29, 1.82) is 0 Å². The van der Waals surface area contributed by atoms with Crippen molar-refractivity contribution in [3.8, 4) is 0 Å². The zero-order chi connectivity index (χ0) is 14.0. The van der Waals surface area contributed by atoms with Gasteiger partial charge in [-0.25, -0.2) is 9.18 Å². The number of hydrogen-bond acceptors (Lipinski definition) is 3. The summed E-state index contributed by atoms with van der Waals surface area (Å²) in [6, 6.07) is 6.44. The number of benzene rings is 1. The number of rotatable bonds is 4. The maximum Gasteiger partial charge on any atom is 0.342 e. The van der Waals surface area contributed by atoms with Gasteiger partial charge in [-0.3, -0.25) is 0 Å². The maximum atomic E-state index is 14.0. The van der Waals surface area contributed by atoms with Crippen LogP contribution in [0.4, 0.5) is 4.39 Å². The van der Waals surface area contributed by atoms with Crippen molar-refractivity contribution >= 4 is 29.3 Å². The first-order valence-electron chi connectivity index (χ1n) is 6.19. The lowest BCUT2D eigenvalue weighted by atomic mass is 10.00. The average Bonchev–Trinajstić information content (AvgIpc) is 2.73. The van der Waals surface area contributed by atoms with Gasteiger partial charge in [0.1, 0.15) is 0 Å². The Morgan fingerprint density at radius 1 is 1.45 bits per heavy atom. The van der Waals surface area contributed by atoms with Crippen molar-refractivity contribution in [3.63, 3.8) is 0 Å². The zero-order valence-corrected chi connectivity index (χ0v) is 12.2. The van der Waals surface area contributed by atoms with Crippen LogP contribution in [-0.4, -0.2) is 23.7 Å². The van der Waals surface area contributed by atoms with Gasteiger partial charge in [0.05, 0.1) is 12.6 Å². The van der Waals surface area contributed by atoms with E-state index in [1.165, 1.54) is 0 Å². The van der Waals surface area contributed by atoms with E-state index >= 15 is 0 Å². The summed E-state index contributed by atoms with van der Waals surface area (Å²) >= 11 is 0. The standard InChI is InChI=1S/C14H17FN2O2.ClH/c1-3-19-14(18)12(15)13(16)11-8(2)17-10-7-5-4-6-9(10)11;/h4-7,12-13,17H,3,16H2,1-2H3;1H/t12?,13-;/m0./s1. The van der Waals surface area contributed by atoms with E-state index < -0.39 is 18.2 Å². The molecular weight excluding hydrogens is 283 g/mol. The third kappa shape index (κ3) is 2.94. The Labute approximate surface area is 122 Å². The molecule has 2 atom stereocenters. The number of aromatic amines is 1. The van der Waals surface area contributed by atoms with Gasteiger partial charge in [0.25, 0.3) is 0 Å². The number of esters is 1. The molecule has 0 saturated heterocycles. The number of hydrogen-bond donors (Lipinski definition) is 2. The fourth-order valence-electron chi connectivity index (χ4n) is 2.24. The van der Waals surface area contributed by atoms with E-state index in [2.05, 4.69) is 9.72 Å². The van der Waals surface area contributed by atoms with E-state index in [0.717, 1.165) is 16.6 Å². The Morgan fingerprint density at radius 2 is 2.10 bits per heavy atom. The van der Waals surface area contributed by atoms with Crippen molar-refractivity contribution < 1.29 is 13.9 Å². The molecule has 2 rings (SSSR count). The van der Waals surface area contributed by atoms with Crippen LogP contribution in [0.1, 0.15) is 24.2 Å². The minimum atomic E-state index is -1.86. The fourth-order valence-corrected chi connectivity index (χ4v) is 2.24. The number of carbonyl (C=O) groups is 1. The number of carbonyl (C=O) groups excluding carboxylic acids is 1. The number of fused-ring (bicyclic) bond motifs is 1. The van der Waals surface area contributed by atoms with Crippen molar-refractivity contribution in [2.45, 2.75) is 26.1 Å². The third-order valence-corrected chi connectivity index (χ3v) is 3.10. The Bertz CT molecular complexity index is 600. The molecule has 4 nitrogen and oxygen atoms in total. The van der Waals surface area contributed by atoms with Gasteiger partial charge in [-0.1, -0.05) is 18.2 Å². The highest BCUT2D eigenvalue weighted by Gasteiger charge is 2.30. The Morgan fingerprint density at radius 3 is 2.75 bits per heavy atom. The smallest absolute Gasteiger partial charge is 0.342 e. The molecule has 0 amide bonds. The topological polar surface area (TPSA) is 68.1 Å². The van der Waals surface area contributed by atoms with Gasteiger partial charge in [-0.05, 0) is 19.9 Å². The summed E-state index contributed by atoms with van der Waals surface area (Å²) in [4.78, 5) is 14.6. The van der Waals surface area contributed by atoms with Crippen LogP contribution in [0.15, 0.2) is 24.3 Å². The highest BCUT2D eigenvalue weighted by molar-refractivity contribution is 5.86. The summed E-state index contributed by atoms with van der Waals surface area (Å²) in [5.74, 6) is -0.917. The summed E-state index contributed by atoms with van der Waals surface area (Å²) < 4.78 is 18.7. The number of nitrogens with two attached hydrogens (primary N) is 1. The van der Waals surface area contributed by atoms with Crippen LogP contribution in [0, 0.1) is 6.92 Å². The Kier molecular flexibility index (Phi) is 5.53. The van der Waals surface area contributed by atoms with E-state index in [-0.39, 0.29) is 19.0 Å². The molecular formula is C14H18ClFN2O2. The molecule has 0 saturated carbocycles. The van der Waals surface area contributed by atoms with E-state index in [0.29, 0.717) is 5.56 Å². The molecule has 1 unspecified atom stereocenters. The minimum absolute atomic E-state index is 0. The third-order valence-electron chi connectivity index (χ3n) is 3.10. The molecule has 1 aromatic carbocycles. The second-order valence-corrected chi connectivity index (χ2v) is 4.39. The van der Waals surface area contributed by atoms with Crippen LogP contribution >= 0.6 is 12.4 Å². The second-order valence-electron chi connectivity index (χ2n) is 4.39. The van der Waals surface area contributed by atoms with Gasteiger partial charge in [0.2, 0.25) is 6.17 Å². The van der Waals surface area contributed by atoms with E-state index in [1.54, 1.807) is 6.92 Å². The molecule has 0 bridgehead atoms. The first-order valence-corrected chi connectivity index (χ1v) is 6.19. The van der Waals surface area contributed by atoms with Crippen molar-refractivity contribution in [1.82, 2.24) is 4.98 Å². The SMILES string of the molecule is CCOC(=O)C(F)[C@@H](N)c1c(C)[nH]c2ccccc12.Cl. The number of aromatic nitrogens is 1. The first-order chi connectivity index (χ1) is 9.06. The number of aryl methyl sites for hydroxylation is 1. The maximum absolute atomic E-state index is 14.0. The summed E-state index contributed by atoms with van der Waals surface area (Å²) in [6.07, 6.45) is -1.86. The number of ether oxygens (including phenoxy) is 1. The average molecular weight is 301 g/mol. The van der Waals surface area contributed by atoms with Crippen LogP contribution in [0.3, 0.4) is 0 Å². The molecule has 0 aliphatic heterocycles. The van der Waals surface area contributed by atoms with Gasteiger partial charge < -0.3 is 15.5 Å². The number of alkyl halides is 1. The van der Waals surface area contributed by atoms with Gasteiger partial charge in [0.15, 0.2) is 0 Å². The molecule has 0 aliphatic carbocycles. The van der Waals surface area contributed by atoms with Crippen molar-refractivity contribution in [3.05, 3.63) is 35.5 Å². The van der Waals surface area contributed by atoms with Crippen molar-refractivity contribution in [2.24, 2.45) is 5.73 Å². The normalized spacial score (nSPS) is 13.6. The number of nitrogens with one attached hydrogen (secondary N) is 1. The Balaban J connectivity index is 0.00000200. The predicted molar refractivity (Wildman–Crippen MR) is 78.7 cm³/mol. The number of halogens is 2. The number of H-pyrrole nitrogens is 1. The molecule has 110 valence electrons. The molecule has 0 spiro atoms. The lowest BCUT2D eigenvalue weighted by Crippen LogP contribution is -2.31. The second kappa shape index (κ2) is 6.72. The van der Waals surface area contributed by atoms with E-state index in [4.69, 9.17) is 5.73 Å². The van der Waals surface area contributed by atoms with Gasteiger partial charge in [-0.2, -0.15) is 0 Å². The largest absolute Gasteiger partial charge is 0.464 e. The van der Waals surface area contributed by atoms with Gasteiger partial charge >= 0.3 is 5.97 Å². The van der Waals surface area contributed by atoms with Crippen LogP contribution in [0.25, 0.3) is 10.9 Å². The monoisotopic (exact) mass is 300 g/mol. The predicted octanol–water partition coefficient (Wildman–Crippen LogP) is 2.80. The zero-order valence-electron chi connectivity index (χ0n) is 11.4. The summed E-state index contributed by atoms with van der Waals surface area (Å²) in [5, 5.41) is 0.833. The van der Waals surface area contributed by atoms with E-state index in [1.807, 2.05) is 31.2 Å². The first kappa shape index (κ1) is 16.5. The van der Waals surface area contributed by atoms with Gasteiger partial charge in [0, 0.05) is 22.2 Å². The minimum Gasteiger partial charge on any atom is -0.464 e. The van der Waals surface area contributed by atoms with Crippen LogP contribution in [0.5, 0.6) is 0 Å². The molecule has 1 heterocycles. The highest BCUT2D eigenvalue weighted by atomic mass is 35.5. The molecule has 20 heavy (non-hydrogen) atoms. The lowest BCUT2D eigenvalue weighted by Gasteiger charge is -2.16. The molecule has 6 heteroatoms. The highest BCUT2D eigenvalue weighted by Crippen LogP contribution is 2.29. The van der Waals surface area contributed by atoms with Crippen LogP contribution in [0.2, 0.25) is 0 Å². The van der Waals surface area contributed by atoms with Crippen molar-refractivity contribution in [2.75, 3.05) is 6.61 Å². The molecule has 2 aromatic rings. The fraction of sp³-hybridized carbons (Fsp3) is 0.357. The summed E-state index contributed by atoms with van der Waals surface area (Å²) in [7, 11) is 0. The molecule has 0 radical (unpaired) electrons. The van der Waals surface area contributed by atoms with Crippen LogP contribution < -0.4 is 5.73 Å². The number of para-hydroxylation sites is 1. The molecule has 0 fully saturated rings.